The van der Waals surface area contributed by atoms with Crippen LogP contribution in [0.15, 0.2) is 90.5 Å². The van der Waals surface area contributed by atoms with Crippen LogP contribution in [0.3, 0.4) is 0 Å². The van der Waals surface area contributed by atoms with Gasteiger partial charge in [0, 0.05) is 62.0 Å². The summed E-state index contributed by atoms with van der Waals surface area (Å²) in [5.41, 5.74) is 1.60. The summed E-state index contributed by atoms with van der Waals surface area (Å²) in [7, 11) is 3.43. The summed E-state index contributed by atoms with van der Waals surface area (Å²) in [6.45, 7) is 9.06. The predicted molar refractivity (Wildman–Crippen MR) is 227 cm³/mol. The minimum atomic E-state index is -1.15. The fourth-order valence-corrected chi connectivity index (χ4v) is 8.12. The molecular formula is C44H53F2N9O8. The molecule has 0 bridgehead atoms. The van der Waals surface area contributed by atoms with Crippen LogP contribution in [0.25, 0.3) is 5.69 Å². The number of ether oxygens (including phenoxy) is 5. The van der Waals surface area contributed by atoms with Crippen molar-refractivity contribution >= 4 is 23.5 Å². The molecule has 5 aromatic rings. The van der Waals surface area contributed by atoms with Crippen LogP contribution in [0, 0.1) is 17.6 Å². The number of aromatic nitrogens is 6. The van der Waals surface area contributed by atoms with Gasteiger partial charge in [0.2, 0.25) is 6.29 Å². The lowest BCUT2D eigenvalue weighted by Gasteiger charge is -2.37. The van der Waals surface area contributed by atoms with E-state index in [2.05, 4.69) is 25.0 Å². The first kappa shape index (κ1) is 44.7. The Morgan fingerprint density at radius 1 is 0.889 bits per heavy atom. The molecule has 2 aliphatic heterocycles. The number of halogens is 2. The molecule has 63 heavy (non-hydrogen) atoms. The van der Waals surface area contributed by atoms with Crippen LogP contribution >= 0.6 is 0 Å². The number of hydrogen-bond donors (Lipinski definition) is 0. The van der Waals surface area contributed by atoms with E-state index in [0.717, 1.165) is 43.6 Å². The fraction of sp³-hybridized carbons (Fsp3) is 0.455. The molecule has 19 heteroatoms. The smallest absolute Gasteiger partial charge is 0.493 e. The number of nitrogens with zero attached hydrogens (tertiary/aromatic N) is 9. The summed E-state index contributed by atoms with van der Waals surface area (Å²) in [5.74, 6) is -1.19. The molecule has 0 radical (unpaired) electrons. The first-order valence-electron chi connectivity index (χ1n) is 20.9. The Kier molecular flexibility index (Phi) is 14.0. The van der Waals surface area contributed by atoms with E-state index in [1.165, 1.54) is 41.0 Å². The number of anilines is 2. The van der Waals surface area contributed by atoms with Crippen molar-refractivity contribution in [2.75, 3.05) is 69.8 Å². The lowest BCUT2D eigenvalue weighted by molar-refractivity contribution is -0.169. The van der Waals surface area contributed by atoms with E-state index in [0.29, 0.717) is 37.5 Å². The number of esters is 1. The zero-order valence-electron chi connectivity index (χ0n) is 36.0. The highest BCUT2D eigenvalue weighted by Crippen LogP contribution is 2.42. The average molecular weight is 874 g/mol. The lowest BCUT2D eigenvalue weighted by atomic mass is 9.87. The highest BCUT2D eigenvalue weighted by molar-refractivity contribution is 5.72. The Balaban J connectivity index is 0.885. The van der Waals surface area contributed by atoms with Gasteiger partial charge >= 0.3 is 17.8 Å². The number of piperazine rings is 1. The molecule has 0 spiro atoms. The highest BCUT2D eigenvalue weighted by Gasteiger charge is 2.45. The highest BCUT2D eigenvalue weighted by atomic mass is 19.1. The molecule has 5 atom stereocenters. The van der Waals surface area contributed by atoms with Crippen LogP contribution in [0.4, 0.5) is 25.0 Å². The number of benzene rings is 3. The maximum Gasteiger partial charge on any atom is 0.511 e. The number of hydrogen-bond acceptors (Lipinski definition) is 14. The van der Waals surface area contributed by atoms with Crippen LogP contribution in [0.5, 0.6) is 5.75 Å². The van der Waals surface area contributed by atoms with Crippen LogP contribution in [-0.4, -0.2) is 119 Å². The zero-order valence-corrected chi connectivity index (χ0v) is 36.0. The molecule has 0 aliphatic carbocycles. The van der Waals surface area contributed by atoms with E-state index in [1.54, 1.807) is 36.9 Å². The normalized spacial score (nSPS) is 19.1. The Morgan fingerprint density at radius 2 is 1.56 bits per heavy atom. The second kappa shape index (κ2) is 19.8. The Hall–Kier alpha value is -6.34. The largest absolute Gasteiger partial charge is 0.511 e. The van der Waals surface area contributed by atoms with Crippen molar-refractivity contribution in [1.29, 1.82) is 0 Å². The van der Waals surface area contributed by atoms with Crippen LogP contribution in [-0.2, 0) is 35.9 Å². The summed E-state index contributed by atoms with van der Waals surface area (Å²) in [6, 6.07) is 18.7. The molecule has 2 aliphatic rings. The van der Waals surface area contributed by atoms with Crippen molar-refractivity contribution in [1.82, 2.24) is 34.0 Å². The molecule has 2 fully saturated rings. The number of carbonyl (C=O) groups is 2. The molecule has 4 heterocycles. The SMILES string of the molecule is CC[C@@H]([C@H](C)OC(=O)OC(C)OC(=O)CN(C)C)n1ncn(-c2ccc(N3CCN(c4ccc(OC[C@@H]5CO[C@@](Cn6cncn6)(c6ccc(F)cc6F)C5)cc4)CC3)cc2)c1=O. The van der Waals surface area contributed by atoms with E-state index in [9.17, 15) is 18.8 Å². The van der Waals surface area contributed by atoms with Gasteiger partial charge in [-0.15, -0.1) is 0 Å². The molecule has 0 N–H and O–H groups in total. The molecule has 2 aromatic heterocycles. The third-order valence-corrected chi connectivity index (χ3v) is 11.2. The minimum Gasteiger partial charge on any atom is -0.493 e. The van der Waals surface area contributed by atoms with E-state index < -0.39 is 47.8 Å². The average Bonchev–Trinajstić information content (AvgIpc) is 4.01. The molecule has 3 aromatic carbocycles. The van der Waals surface area contributed by atoms with Gasteiger partial charge in [-0.05, 0) is 88.5 Å². The molecule has 336 valence electrons. The number of likely N-dealkylation sites (N-methyl/N-ethyl adjacent to an activating group) is 1. The summed E-state index contributed by atoms with van der Waals surface area (Å²) < 4.78 is 61.2. The van der Waals surface area contributed by atoms with Gasteiger partial charge in [0.25, 0.3) is 0 Å². The summed E-state index contributed by atoms with van der Waals surface area (Å²) in [5, 5.41) is 8.53. The van der Waals surface area contributed by atoms with E-state index in [1.807, 2.05) is 55.5 Å². The van der Waals surface area contributed by atoms with Crippen molar-refractivity contribution < 1.29 is 42.1 Å². The second-order valence-corrected chi connectivity index (χ2v) is 16.1. The quantitative estimate of drug-likeness (QED) is 0.0888. The van der Waals surface area contributed by atoms with Gasteiger partial charge in [0.15, 0.2) is 0 Å². The Morgan fingerprint density at radius 3 is 2.17 bits per heavy atom. The van der Waals surface area contributed by atoms with E-state index >= 15 is 4.39 Å². The third kappa shape index (κ3) is 10.8. The van der Waals surface area contributed by atoms with Crippen molar-refractivity contribution in [3.63, 3.8) is 0 Å². The van der Waals surface area contributed by atoms with Gasteiger partial charge < -0.3 is 33.5 Å². The van der Waals surface area contributed by atoms with Gasteiger partial charge in [-0.2, -0.15) is 10.2 Å². The topological polar surface area (TPSA) is 161 Å². The first-order valence-corrected chi connectivity index (χ1v) is 20.9. The van der Waals surface area contributed by atoms with Gasteiger partial charge in [-0.25, -0.2) is 37.3 Å². The summed E-state index contributed by atoms with van der Waals surface area (Å²) in [6.07, 6.45) is 2.35. The monoisotopic (exact) mass is 873 g/mol. The molecule has 2 saturated heterocycles. The first-order chi connectivity index (χ1) is 30.3. The molecule has 0 amide bonds. The lowest BCUT2D eigenvalue weighted by Crippen LogP contribution is -2.46. The predicted octanol–water partition coefficient (Wildman–Crippen LogP) is 5.18. The molecule has 7 rings (SSSR count). The Bertz CT molecular complexity index is 2350. The summed E-state index contributed by atoms with van der Waals surface area (Å²) >= 11 is 0. The van der Waals surface area contributed by atoms with Crippen molar-refractivity contribution in [2.24, 2.45) is 5.92 Å². The van der Waals surface area contributed by atoms with Crippen LogP contribution in [0.2, 0.25) is 0 Å². The zero-order chi connectivity index (χ0) is 44.7. The maximum atomic E-state index is 15.0. The van der Waals surface area contributed by atoms with Crippen molar-refractivity contribution in [3.8, 4) is 11.4 Å². The Labute approximate surface area is 363 Å². The van der Waals surface area contributed by atoms with Gasteiger partial charge in [0.05, 0.1) is 38.0 Å². The third-order valence-electron chi connectivity index (χ3n) is 11.2. The van der Waals surface area contributed by atoms with Crippen LogP contribution in [0.1, 0.15) is 45.2 Å². The molecule has 0 saturated carbocycles. The van der Waals surface area contributed by atoms with E-state index in [4.69, 9.17) is 23.7 Å². The van der Waals surface area contributed by atoms with Crippen molar-refractivity contribution in [3.05, 3.63) is 113 Å². The molecule has 17 nitrogen and oxygen atoms in total. The second-order valence-electron chi connectivity index (χ2n) is 16.1. The standard InChI is InChI=1S/C44H53F2N9O8/c1-6-40(30(2)61-43(58)63-31(3)62-41(56)23-50(4)5)55-42(57)54(29-49-55)36-10-8-34(9-11-36)51-17-19-52(20-18-51)35-12-14-37(15-13-35)59-24-32-22-44(60-25-32,26-53-28-47-27-48-53)38-16-7-33(45)21-39(38)46/h7-16,21,27-32,40H,6,17-20,22-26H2,1-5H3/t30-,31?,32+,40-,44-/m0/s1. The van der Waals surface area contributed by atoms with Gasteiger partial charge in [-0.3, -0.25) is 9.69 Å². The van der Waals surface area contributed by atoms with E-state index in [-0.39, 0.29) is 30.3 Å². The molecular weight excluding hydrogens is 821 g/mol. The molecule has 1 unspecified atom stereocenters. The minimum absolute atomic E-state index is 0.0299. The number of carbonyl (C=O) groups excluding carboxylic acids is 2. The summed E-state index contributed by atoms with van der Waals surface area (Å²) in [4.78, 5) is 48.1. The van der Waals surface area contributed by atoms with Gasteiger partial charge in [-0.1, -0.05) is 13.0 Å². The van der Waals surface area contributed by atoms with Crippen LogP contribution < -0.4 is 20.2 Å². The number of rotatable bonds is 17. The van der Waals surface area contributed by atoms with Gasteiger partial charge in [0.1, 0.15) is 48.1 Å². The fourth-order valence-electron chi connectivity index (χ4n) is 8.12. The maximum absolute atomic E-state index is 15.0. The van der Waals surface area contributed by atoms with Crippen molar-refractivity contribution in [2.45, 2.75) is 64.2 Å².